The molecular formula is C15H19ClFNO3. The number of ether oxygens (including phenoxy) is 1. The number of hydrogen-bond acceptors (Lipinski definition) is 3. The first kappa shape index (κ1) is 16.2. The van der Waals surface area contributed by atoms with Crippen molar-refractivity contribution in [2.45, 2.75) is 30.7 Å². The van der Waals surface area contributed by atoms with E-state index in [2.05, 4.69) is 0 Å². The maximum absolute atomic E-state index is 13.7. The molecule has 0 aliphatic carbocycles. The lowest BCUT2D eigenvalue weighted by atomic mass is 9.74. The molecular weight excluding hydrogens is 297 g/mol. The predicted octanol–water partition coefficient (Wildman–Crippen LogP) is 2.83. The molecule has 0 spiro atoms. The Morgan fingerprint density at radius 1 is 1.43 bits per heavy atom. The summed E-state index contributed by atoms with van der Waals surface area (Å²) in [4.78, 5) is 10.8. The van der Waals surface area contributed by atoms with E-state index in [0.717, 1.165) is 5.56 Å². The fourth-order valence-corrected chi connectivity index (χ4v) is 2.94. The molecule has 0 aromatic heterocycles. The van der Waals surface area contributed by atoms with E-state index in [-0.39, 0.29) is 6.42 Å². The van der Waals surface area contributed by atoms with Crippen molar-refractivity contribution in [1.82, 2.24) is 0 Å². The van der Waals surface area contributed by atoms with Gasteiger partial charge in [-0.2, -0.15) is 0 Å². The molecule has 4 nitrogen and oxygen atoms in total. The molecule has 1 fully saturated rings. The van der Waals surface area contributed by atoms with E-state index in [1.54, 1.807) is 18.2 Å². The Kier molecular flexibility index (Phi) is 5.19. The first-order chi connectivity index (χ1) is 9.97. The Labute approximate surface area is 128 Å². The Hall–Kier alpha value is -1.17. The number of aliphatic carboxylic acids is 1. The fourth-order valence-electron chi connectivity index (χ4n) is 2.70. The SMILES string of the molecule is N[C@@H](CC(=O)O)c1cc(Cl)cc(C2(CF)CCOCC2)c1. The molecule has 1 aromatic carbocycles. The third-order valence-electron chi connectivity index (χ3n) is 4.06. The number of alkyl halides is 1. The molecule has 0 saturated carbocycles. The molecule has 1 heterocycles. The standard InChI is InChI=1S/C15H19ClFNO3/c16-12-6-10(13(18)8-14(19)20)5-11(7-12)15(9-17)1-3-21-4-2-15/h5-7,13H,1-4,8-9,18H2,(H,19,20)/t13-/m0/s1. The molecule has 1 aromatic rings. The van der Waals surface area contributed by atoms with E-state index in [1.807, 2.05) is 0 Å². The lowest BCUT2D eigenvalue weighted by Gasteiger charge is -2.35. The van der Waals surface area contributed by atoms with E-state index in [9.17, 15) is 9.18 Å². The number of nitrogens with two attached hydrogens (primary N) is 1. The fraction of sp³-hybridized carbons (Fsp3) is 0.533. The van der Waals surface area contributed by atoms with Gasteiger partial charge >= 0.3 is 5.97 Å². The molecule has 0 radical (unpaired) electrons. The van der Waals surface area contributed by atoms with Crippen LogP contribution in [0.4, 0.5) is 4.39 Å². The first-order valence-corrected chi connectivity index (χ1v) is 7.27. The quantitative estimate of drug-likeness (QED) is 0.876. The van der Waals surface area contributed by atoms with Gasteiger partial charge in [0.05, 0.1) is 13.1 Å². The molecule has 1 aliphatic heterocycles. The predicted molar refractivity (Wildman–Crippen MR) is 78.3 cm³/mol. The number of rotatable bonds is 5. The van der Waals surface area contributed by atoms with Gasteiger partial charge in [-0.05, 0) is 36.1 Å². The summed E-state index contributed by atoms with van der Waals surface area (Å²) in [6, 6.07) is 4.51. The summed E-state index contributed by atoms with van der Waals surface area (Å²) in [6.07, 6.45) is 0.973. The lowest BCUT2D eigenvalue weighted by Crippen LogP contribution is -2.36. The second-order valence-corrected chi connectivity index (χ2v) is 5.94. The molecule has 6 heteroatoms. The molecule has 1 saturated heterocycles. The first-order valence-electron chi connectivity index (χ1n) is 6.89. The zero-order valence-corrected chi connectivity index (χ0v) is 12.4. The van der Waals surface area contributed by atoms with Gasteiger partial charge in [0.15, 0.2) is 0 Å². The van der Waals surface area contributed by atoms with Crippen molar-refractivity contribution in [3.8, 4) is 0 Å². The van der Waals surface area contributed by atoms with Crippen LogP contribution < -0.4 is 5.73 Å². The van der Waals surface area contributed by atoms with Crippen LogP contribution in [-0.2, 0) is 14.9 Å². The number of halogens is 2. The Balaban J connectivity index is 2.35. The van der Waals surface area contributed by atoms with E-state index >= 15 is 0 Å². The minimum Gasteiger partial charge on any atom is -0.481 e. The molecule has 3 N–H and O–H groups in total. The van der Waals surface area contributed by atoms with Crippen LogP contribution in [-0.4, -0.2) is 31.0 Å². The lowest BCUT2D eigenvalue weighted by molar-refractivity contribution is -0.137. The smallest absolute Gasteiger partial charge is 0.305 e. The highest BCUT2D eigenvalue weighted by molar-refractivity contribution is 6.30. The van der Waals surface area contributed by atoms with Crippen LogP contribution in [0.5, 0.6) is 0 Å². The largest absolute Gasteiger partial charge is 0.481 e. The van der Waals surface area contributed by atoms with Crippen molar-refractivity contribution < 1.29 is 19.0 Å². The molecule has 0 bridgehead atoms. The Morgan fingerprint density at radius 2 is 2.10 bits per heavy atom. The van der Waals surface area contributed by atoms with Crippen LogP contribution in [0.2, 0.25) is 5.02 Å². The summed E-state index contributed by atoms with van der Waals surface area (Å²) >= 11 is 6.11. The summed E-state index contributed by atoms with van der Waals surface area (Å²) in [6.45, 7) is 0.518. The van der Waals surface area contributed by atoms with Crippen LogP contribution >= 0.6 is 11.6 Å². The van der Waals surface area contributed by atoms with Crippen molar-refractivity contribution in [2.75, 3.05) is 19.9 Å². The van der Waals surface area contributed by atoms with Crippen LogP contribution in [0.3, 0.4) is 0 Å². The molecule has 1 atom stereocenters. The molecule has 116 valence electrons. The van der Waals surface area contributed by atoms with Crippen molar-refractivity contribution in [3.05, 3.63) is 34.3 Å². The van der Waals surface area contributed by atoms with Crippen molar-refractivity contribution in [1.29, 1.82) is 0 Å². The van der Waals surface area contributed by atoms with Crippen molar-refractivity contribution in [2.24, 2.45) is 5.73 Å². The average Bonchev–Trinajstić information content (AvgIpc) is 2.46. The maximum Gasteiger partial charge on any atom is 0.305 e. The van der Waals surface area contributed by atoms with Gasteiger partial charge in [-0.1, -0.05) is 17.7 Å². The zero-order valence-electron chi connectivity index (χ0n) is 11.6. The summed E-state index contributed by atoms with van der Waals surface area (Å²) in [5.74, 6) is -0.977. The highest BCUT2D eigenvalue weighted by atomic mass is 35.5. The van der Waals surface area contributed by atoms with Gasteiger partial charge in [-0.15, -0.1) is 0 Å². The van der Waals surface area contributed by atoms with Gasteiger partial charge < -0.3 is 15.6 Å². The molecule has 0 amide bonds. The van der Waals surface area contributed by atoms with Crippen LogP contribution in [0.15, 0.2) is 18.2 Å². The molecule has 1 aliphatic rings. The summed E-state index contributed by atoms with van der Waals surface area (Å²) in [5.41, 5.74) is 6.68. The summed E-state index contributed by atoms with van der Waals surface area (Å²) in [7, 11) is 0. The van der Waals surface area contributed by atoms with Crippen molar-refractivity contribution in [3.63, 3.8) is 0 Å². The normalized spacial score (nSPS) is 19.2. The third kappa shape index (κ3) is 3.73. The van der Waals surface area contributed by atoms with E-state index in [1.165, 1.54) is 0 Å². The van der Waals surface area contributed by atoms with E-state index in [4.69, 9.17) is 27.2 Å². The third-order valence-corrected chi connectivity index (χ3v) is 4.28. The Bertz CT molecular complexity index is 518. The second-order valence-electron chi connectivity index (χ2n) is 5.50. The summed E-state index contributed by atoms with van der Waals surface area (Å²) in [5, 5.41) is 9.29. The van der Waals surface area contributed by atoms with Gasteiger partial charge in [-0.3, -0.25) is 9.18 Å². The highest BCUT2D eigenvalue weighted by Crippen LogP contribution is 2.37. The van der Waals surface area contributed by atoms with Gasteiger partial charge in [0, 0.05) is 29.7 Å². The number of carboxylic acids is 1. The summed E-state index contributed by atoms with van der Waals surface area (Å²) < 4.78 is 19.0. The monoisotopic (exact) mass is 315 g/mol. The molecule has 2 rings (SSSR count). The molecule has 21 heavy (non-hydrogen) atoms. The van der Waals surface area contributed by atoms with Gasteiger partial charge in [0.25, 0.3) is 0 Å². The van der Waals surface area contributed by atoms with Crippen LogP contribution in [0.1, 0.15) is 36.4 Å². The molecule has 0 unspecified atom stereocenters. The highest BCUT2D eigenvalue weighted by Gasteiger charge is 2.35. The minimum absolute atomic E-state index is 0.189. The van der Waals surface area contributed by atoms with Gasteiger partial charge in [0.2, 0.25) is 0 Å². The van der Waals surface area contributed by atoms with Crippen molar-refractivity contribution >= 4 is 17.6 Å². The number of hydrogen-bond donors (Lipinski definition) is 2. The minimum atomic E-state index is -0.977. The van der Waals surface area contributed by atoms with E-state index < -0.39 is 24.1 Å². The zero-order chi connectivity index (χ0) is 15.5. The van der Waals surface area contributed by atoms with Gasteiger partial charge in [-0.25, -0.2) is 0 Å². The number of carboxylic acid groups (broad SMARTS) is 1. The average molecular weight is 316 g/mol. The van der Waals surface area contributed by atoms with Gasteiger partial charge in [0.1, 0.15) is 0 Å². The number of carbonyl (C=O) groups is 1. The topological polar surface area (TPSA) is 72.6 Å². The maximum atomic E-state index is 13.7. The van der Waals surface area contributed by atoms with Crippen LogP contribution in [0.25, 0.3) is 0 Å². The van der Waals surface area contributed by atoms with Crippen LogP contribution in [0, 0.1) is 0 Å². The van der Waals surface area contributed by atoms with E-state index in [0.29, 0.717) is 36.6 Å². The Morgan fingerprint density at radius 3 is 2.67 bits per heavy atom. The number of benzene rings is 1. The second kappa shape index (κ2) is 6.73.